The first kappa shape index (κ1) is 12.1. The van der Waals surface area contributed by atoms with Crippen LogP contribution in [0.25, 0.3) is 0 Å². The zero-order valence-electron chi connectivity index (χ0n) is 10.8. The standard InChI is InChI=1S/C14H16O5/c1-17-11-9(14(5-6-14)13(15)16)3-4-10-12(11)19-8-2-7-18-10/h3-4H,2,5-8H2,1H3,(H,15,16). The van der Waals surface area contributed by atoms with Crippen molar-refractivity contribution in [2.24, 2.45) is 0 Å². The number of fused-ring (bicyclic) bond motifs is 1. The normalized spacial score (nSPS) is 19.4. The van der Waals surface area contributed by atoms with E-state index >= 15 is 0 Å². The van der Waals surface area contributed by atoms with Gasteiger partial charge in [0.15, 0.2) is 11.5 Å². The molecule has 3 rings (SSSR count). The second-order valence-corrected chi connectivity index (χ2v) is 4.91. The molecule has 0 aromatic heterocycles. The van der Waals surface area contributed by atoms with Gasteiger partial charge in [-0.2, -0.15) is 0 Å². The predicted molar refractivity (Wildman–Crippen MR) is 67.1 cm³/mol. The summed E-state index contributed by atoms with van der Waals surface area (Å²) in [7, 11) is 1.53. The van der Waals surface area contributed by atoms with Crippen LogP contribution < -0.4 is 14.2 Å². The fraction of sp³-hybridized carbons (Fsp3) is 0.500. The zero-order valence-corrected chi connectivity index (χ0v) is 10.8. The Morgan fingerprint density at radius 2 is 2.05 bits per heavy atom. The summed E-state index contributed by atoms with van der Waals surface area (Å²) in [5, 5.41) is 9.41. The average molecular weight is 264 g/mol. The molecule has 19 heavy (non-hydrogen) atoms. The molecule has 0 amide bonds. The lowest BCUT2D eigenvalue weighted by molar-refractivity contribution is -0.140. The molecule has 1 fully saturated rings. The van der Waals surface area contributed by atoms with Crippen molar-refractivity contribution in [3.05, 3.63) is 17.7 Å². The van der Waals surface area contributed by atoms with E-state index in [1.165, 1.54) is 7.11 Å². The first-order valence-corrected chi connectivity index (χ1v) is 6.39. The van der Waals surface area contributed by atoms with Crippen LogP contribution in [0.2, 0.25) is 0 Å². The number of carboxylic acid groups (broad SMARTS) is 1. The quantitative estimate of drug-likeness (QED) is 0.904. The molecule has 0 radical (unpaired) electrons. The van der Waals surface area contributed by atoms with Gasteiger partial charge < -0.3 is 19.3 Å². The Bertz CT molecular complexity index is 519. The van der Waals surface area contributed by atoms with Gasteiger partial charge in [0.25, 0.3) is 0 Å². The molecule has 0 unspecified atom stereocenters. The number of ether oxygens (including phenoxy) is 3. The average Bonchev–Trinajstić information content (AvgIpc) is 3.21. The first-order valence-electron chi connectivity index (χ1n) is 6.39. The highest BCUT2D eigenvalue weighted by molar-refractivity contribution is 5.86. The molecule has 0 bridgehead atoms. The summed E-state index contributed by atoms with van der Waals surface area (Å²) in [4.78, 5) is 11.5. The van der Waals surface area contributed by atoms with Crippen molar-refractivity contribution < 1.29 is 24.1 Å². The molecule has 1 heterocycles. The maximum atomic E-state index is 11.5. The Labute approximate surface area is 111 Å². The van der Waals surface area contributed by atoms with Gasteiger partial charge in [0.05, 0.1) is 25.7 Å². The van der Waals surface area contributed by atoms with Gasteiger partial charge in [-0.3, -0.25) is 4.79 Å². The highest BCUT2D eigenvalue weighted by atomic mass is 16.5. The molecule has 5 heteroatoms. The van der Waals surface area contributed by atoms with Crippen LogP contribution in [-0.2, 0) is 10.2 Å². The molecule has 0 atom stereocenters. The van der Waals surface area contributed by atoms with Crippen molar-refractivity contribution >= 4 is 5.97 Å². The summed E-state index contributed by atoms with van der Waals surface area (Å²) in [6.45, 7) is 1.15. The van der Waals surface area contributed by atoms with E-state index in [0.717, 1.165) is 6.42 Å². The van der Waals surface area contributed by atoms with E-state index in [1.54, 1.807) is 12.1 Å². The number of benzene rings is 1. The van der Waals surface area contributed by atoms with E-state index in [9.17, 15) is 9.90 Å². The van der Waals surface area contributed by atoms with E-state index in [2.05, 4.69) is 0 Å². The first-order chi connectivity index (χ1) is 9.19. The van der Waals surface area contributed by atoms with Crippen molar-refractivity contribution in [1.82, 2.24) is 0 Å². The van der Waals surface area contributed by atoms with Crippen LogP contribution in [-0.4, -0.2) is 31.4 Å². The second kappa shape index (κ2) is 4.33. The summed E-state index contributed by atoms with van der Waals surface area (Å²) in [6, 6.07) is 3.56. The summed E-state index contributed by atoms with van der Waals surface area (Å²) in [6.07, 6.45) is 2.08. The van der Waals surface area contributed by atoms with Crippen LogP contribution in [0, 0.1) is 0 Å². The summed E-state index contributed by atoms with van der Waals surface area (Å²) < 4.78 is 16.7. The number of methoxy groups -OCH3 is 1. The minimum Gasteiger partial charge on any atom is -0.492 e. The summed E-state index contributed by atoms with van der Waals surface area (Å²) in [5.41, 5.74) is -0.123. The van der Waals surface area contributed by atoms with Gasteiger partial charge in [-0.25, -0.2) is 0 Å². The van der Waals surface area contributed by atoms with Crippen LogP contribution in [0.1, 0.15) is 24.8 Å². The van der Waals surface area contributed by atoms with Crippen LogP contribution in [0.15, 0.2) is 12.1 Å². The van der Waals surface area contributed by atoms with E-state index in [4.69, 9.17) is 14.2 Å². The Morgan fingerprint density at radius 3 is 2.68 bits per heavy atom. The van der Waals surface area contributed by atoms with Crippen LogP contribution >= 0.6 is 0 Å². The van der Waals surface area contributed by atoms with Crippen LogP contribution in [0.3, 0.4) is 0 Å². The molecule has 1 aromatic rings. The molecule has 1 aliphatic heterocycles. The SMILES string of the molecule is COc1c(C2(C(=O)O)CC2)ccc2c1OCCCO2. The van der Waals surface area contributed by atoms with Crippen LogP contribution in [0.5, 0.6) is 17.2 Å². The van der Waals surface area contributed by atoms with Gasteiger partial charge in [0.2, 0.25) is 5.75 Å². The molecule has 1 N–H and O–H groups in total. The third kappa shape index (κ3) is 1.80. The van der Waals surface area contributed by atoms with Gasteiger partial charge in [-0.05, 0) is 18.9 Å². The Hall–Kier alpha value is -1.91. The monoisotopic (exact) mass is 264 g/mol. The molecule has 1 aromatic carbocycles. The molecular formula is C14H16O5. The molecule has 5 nitrogen and oxygen atoms in total. The lowest BCUT2D eigenvalue weighted by Crippen LogP contribution is -2.20. The number of aliphatic carboxylic acids is 1. The summed E-state index contributed by atoms with van der Waals surface area (Å²) >= 11 is 0. The minimum atomic E-state index is -0.809. The molecule has 1 aliphatic carbocycles. The highest BCUT2D eigenvalue weighted by Crippen LogP contribution is 2.55. The van der Waals surface area contributed by atoms with Gasteiger partial charge in [-0.15, -0.1) is 0 Å². The number of hydrogen-bond donors (Lipinski definition) is 1. The Morgan fingerprint density at radius 1 is 1.32 bits per heavy atom. The lowest BCUT2D eigenvalue weighted by atomic mass is 9.94. The minimum absolute atomic E-state index is 0.499. The number of carbonyl (C=O) groups is 1. The number of carboxylic acids is 1. The topological polar surface area (TPSA) is 65.0 Å². The van der Waals surface area contributed by atoms with Crippen LogP contribution in [0.4, 0.5) is 0 Å². The van der Waals surface area contributed by atoms with Crippen molar-refractivity contribution in [3.63, 3.8) is 0 Å². The van der Waals surface area contributed by atoms with E-state index in [-0.39, 0.29) is 0 Å². The second-order valence-electron chi connectivity index (χ2n) is 4.91. The smallest absolute Gasteiger partial charge is 0.314 e. The van der Waals surface area contributed by atoms with Gasteiger partial charge in [0.1, 0.15) is 0 Å². The fourth-order valence-corrected chi connectivity index (χ4v) is 2.51. The predicted octanol–water partition coefficient (Wildman–Crippen LogP) is 1.97. The molecule has 2 aliphatic rings. The van der Waals surface area contributed by atoms with Crippen molar-refractivity contribution in [3.8, 4) is 17.2 Å². The largest absolute Gasteiger partial charge is 0.492 e. The lowest BCUT2D eigenvalue weighted by Gasteiger charge is -2.19. The van der Waals surface area contributed by atoms with Crippen molar-refractivity contribution in [1.29, 1.82) is 0 Å². The maximum Gasteiger partial charge on any atom is 0.314 e. The Balaban J connectivity index is 2.12. The van der Waals surface area contributed by atoms with E-state index in [1.807, 2.05) is 0 Å². The molecule has 0 spiro atoms. The van der Waals surface area contributed by atoms with E-state index < -0.39 is 11.4 Å². The molecule has 1 saturated carbocycles. The highest BCUT2D eigenvalue weighted by Gasteiger charge is 2.54. The van der Waals surface area contributed by atoms with Crippen molar-refractivity contribution in [2.75, 3.05) is 20.3 Å². The maximum absolute atomic E-state index is 11.5. The Kier molecular flexibility index (Phi) is 2.77. The molecular weight excluding hydrogens is 248 g/mol. The summed E-state index contributed by atoms with van der Waals surface area (Å²) in [5.74, 6) is 0.851. The van der Waals surface area contributed by atoms with E-state index in [0.29, 0.717) is 48.9 Å². The molecule has 0 saturated heterocycles. The number of rotatable bonds is 3. The third-order valence-electron chi connectivity index (χ3n) is 3.75. The van der Waals surface area contributed by atoms with Gasteiger partial charge in [-0.1, -0.05) is 6.07 Å². The third-order valence-corrected chi connectivity index (χ3v) is 3.75. The van der Waals surface area contributed by atoms with Gasteiger partial charge in [0, 0.05) is 12.0 Å². The number of hydrogen-bond acceptors (Lipinski definition) is 4. The molecule has 102 valence electrons. The zero-order chi connectivity index (χ0) is 13.5. The van der Waals surface area contributed by atoms with Crippen molar-refractivity contribution in [2.45, 2.75) is 24.7 Å². The van der Waals surface area contributed by atoms with Gasteiger partial charge >= 0.3 is 5.97 Å². The fourth-order valence-electron chi connectivity index (χ4n) is 2.51.